The summed E-state index contributed by atoms with van der Waals surface area (Å²) in [5.41, 5.74) is 0.297. The Morgan fingerprint density at radius 1 is 1.45 bits per heavy atom. The number of terminal acetylenes is 1. The maximum atomic E-state index is 5.36. The van der Waals surface area contributed by atoms with Gasteiger partial charge >= 0.3 is 0 Å². The molecule has 1 unspecified atom stereocenters. The van der Waals surface area contributed by atoms with Crippen molar-refractivity contribution in [2.75, 3.05) is 13.1 Å². The van der Waals surface area contributed by atoms with Gasteiger partial charge in [-0.05, 0) is 33.7 Å². The number of rotatable bonds is 0. The van der Waals surface area contributed by atoms with Crippen LogP contribution >= 0.6 is 0 Å². The molecule has 1 atom stereocenters. The van der Waals surface area contributed by atoms with Crippen LogP contribution in [0.2, 0.25) is 0 Å². The molecular weight excluding hydrogens is 134 g/mol. The van der Waals surface area contributed by atoms with Gasteiger partial charge in [0.15, 0.2) is 0 Å². The van der Waals surface area contributed by atoms with E-state index in [0.717, 1.165) is 6.54 Å². The fourth-order valence-corrected chi connectivity index (χ4v) is 1.51. The fourth-order valence-electron chi connectivity index (χ4n) is 1.51. The normalized spacial score (nSPS) is 26.9. The summed E-state index contributed by atoms with van der Waals surface area (Å²) >= 11 is 0. The summed E-state index contributed by atoms with van der Waals surface area (Å²) in [5, 5.41) is 0. The minimum atomic E-state index is 0.297. The Morgan fingerprint density at radius 2 is 2.09 bits per heavy atom. The van der Waals surface area contributed by atoms with Crippen LogP contribution in [0.4, 0.5) is 0 Å². The van der Waals surface area contributed by atoms with Gasteiger partial charge < -0.3 is 0 Å². The molecule has 0 saturated carbocycles. The molecule has 1 heteroatoms. The molecule has 0 amide bonds. The molecule has 0 aromatic heterocycles. The van der Waals surface area contributed by atoms with Crippen LogP contribution in [0.3, 0.4) is 0 Å². The van der Waals surface area contributed by atoms with Crippen LogP contribution in [0, 0.1) is 18.3 Å². The van der Waals surface area contributed by atoms with Gasteiger partial charge in [-0.25, -0.2) is 0 Å². The van der Waals surface area contributed by atoms with Gasteiger partial charge in [-0.15, -0.1) is 12.3 Å². The highest BCUT2D eigenvalue weighted by Gasteiger charge is 2.28. The Balaban J connectivity index is 2.50. The van der Waals surface area contributed by atoms with E-state index in [1.54, 1.807) is 0 Å². The molecule has 0 radical (unpaired) electrons. The fraction of sp³-hybridized carbons (Fsp3) is 0.800. The number of likely N-dealkylation sites (tertiary alicyclic amines) is 1. The summed E-state index contributed by atoms with van der Waals surface area (Å²) in [4.78, 5) is 2.46. The molecular formula is C10H17N. The third kappa shape index (κ3) is 1.97. The van der Waals surface area contributed by atoms with E-state index in [-0.39, 0.29) is 0 Å². The van der Waals surface area contributed by atoms with Crippen molar-refractivity contribution in [2.45, 2.75) is 32.7 Å². The second kappa shape index (κ2) is 2.87. The van der Waals surface area contributed by atoms with Crippen LogP contribution in [-0.4, -0.2) is 23.5 Å². The van der Waals surface area contributed by atoms with Crippen LogP contribution in [-0.2, 0) is 0 Å². The van der Waals surface area contributed by atoms with Gasteiger partial charge in [-0.2, -0.15) is 0 Å². The van der Waals surface area contributed by atoms with E-state index >= 15 is 0 Å². The van der Waals surface area contributed by atoms with Crippen molar-refractivity contribution in [3.8, 4) is 12.3 Å². The summed E-state index contributed by atoms with van der Waals surface area (Å²) in [6.45, 7) is 8.97. The highest BCUT2D eigenvalue weighted by Crippen LogP contribution is 2.23. The third-order valence-corrected chi connectivity index (χ3v) is 2.37. The quantitative estimate of drug-likeness (QED) is 0.477. The average Bonchev–Trinajstić information content (AvgIpc) is 2.32. The zero-order chi connectivity index (χ0) is 8.48. The van der Waals surface area contributed by atoms with Crippen LogP contribution in [0.15, 0.2) is 0 Å². The average molecular weight is 151 g/mol. The van der Waals surface area contributed by atoms with E-state index in [2.05, 4.69) is 31.6 Å². The van der Waals surface area contributed by atoms with E-state index in [9.17, 15) is 0 Å². The first-order valence-corrected chi connectivity index (χ1v) is 4.25. The van der Waals surface area contributed by atoms with Crippen LogP contribution in [0.25, 0.3) is 0 Å². The predicted molar refractivity (Wildman–Crippen MR) is 48.3 cm³/mol. The summed E-state index contributed by atoms with van der Waals surface area (Å²) < 4.78 is 0. The first kappa shape index (κ1) is 8.62. The molecule has 1 fully saturated rings. The summed E-state index contributed by atoms with van der Waals surface area (Å²) in [7, 11) is 0. The molecule has 0 aliphatic carbocycles. The number of hydrogen-bond acceptors (Lipinski definition) is 1. The Bertz CT molecular complexity index is 170. The third-order valence-electron chi connectivity index (χ3n) is 2.37. The molecule has 0 bridgehead atoms. The van der Waals surface area contributed by atoms with E-state index in [1.807, 2.05) is 0 Å². The summed E-state index contributed by atoms with van der Waals surface area (Å²) in [6, 6.07) is 0. The first-order valence-electron chi connectivity index (χ1n) is 4.25. The zero-order valence-corrected chi connectivity index (χ0v) is 7.72. The largest absolute Gasteiger partial charge is 0.297 e. The van der Waals surface area contributed by atoms with Gasteiger partial charge in [0.1, 0.15) is 0 Å². The Labute approximate surface area is 69.8 Å². The second-order valence-corrected chi connectivity index (χ2v) is 4.27. The van der Waals surface area contributed by atoms with Crippen molar-refractivity contribution in [1.82, 2.24) is 4.90 Å². The molecule has 1 rings (SSSR count). The molecule has 1 heterocycles. The lowest BCUT2D eigenvalue weighted by Crippen LogP contribution is -2.39. The lowest BCUT2D eigenvalue weighted by Gasteiger charge is -2.31. The van der Waals surface area contributed by atoms with Crippen molar-refractivity contribution >= 4 is 0 Å². The SMILES string of the molecule is C#CC1CCN(C(C)(C)C)C1. The first-order chi connectivity index (χ1) is 5.04. The minimum absolute atomic E-state index is 0.297. The molecule has 0 aromatic carbocycles. The monoisotopic (exact) mass is 151 g/mol. The van der Waals surface area contributed by atoms with Crippen molar-refractivity contribution in [3.63, 3.8) is 0 Å². The highest BCUT2D eigenvalue weighted by atomic mass is 15.2. The maximum absolute atomic E-state index is 5.36. The summed E-state index contributed by atoms with van der Waals surface area (Å²) in [5.74, 6) is 3.32. The maximum Gasteiger partial charge on any atom is 0.0339 e. The van der Waals surface area contributed by atoms with Crippen LogP contribution in [0.5, 0.6) is 0 Å². The van der Waals surface area contributed by atoms with Gasteiger partial charge in [0.25, 0.3) is 0 Å². The molecule has 0 aromatic rings. The van der Waals surface area contributed by atoms with Gasteiger partial charge in [0.05, 0.1) is 0 Å². The van der Waals surface area contributed by atoms with Crippen molar-refractivity contribution in [1.29, 1.82) is 0 Å². The van der Waals surface area contributed by atoms with E-state index in [4.69, 9.17) is 6.42 Å². The molecule has 11 heavy (non-hydrogen) atoms. The Kier molecular flexibility index (Phi) is 2.25. The Hall–Kier alpha value is -0.480. The second-order valence-electron chi connectivity index (χ2n) is 4.27. The lowest BCUT2D eigenvalue weighted by molar-refractivity contribution is 0.172. The van der Waals surface area contributed by atoms with E-state index in [0.29, 0.717) is 11.5 Å². The molecule has 1 aliphatic rings. The van der Waals surface area contributed by atoms with Gasteiger partial charge in [0.2, 0.25) is 0 Å². The molecule has 62 valence electrons. The minimum Gasteiger partial charge on any atom is -0.297 e. The molecule has 1 aliphatic heterocycles. The van der Waals surface area contributed by atoms with Crippen molar-refractivity contribution in [2.24, 2.45) is 5.92 Å². The van der Waals surface area contributed by atoms with Crippen LogP contribution < -0.4 is 0 Å². The topological polar surface area (TPSA) is 3.24 Å². The zero-order valence-electron chi connectivity index (χ0n) is 7.72. The number of hydrogen-bond donors (Lipinski definition) is 0. The molecule has 0 spiro atoms. The van der Waals surface area contributed by atoms with Gasteiger partial charge in [0, 0.05) is 18.0 Å². The molecule has 0 N–H and O–H groups in total. The molecule has 1 nitrogen and oxygen atoms in total. The van der Waals surface area contributed by atoms with Gasteiger partial charge in [-0.1, -0.05) is 0 Å². The van der Waals surface area contributed by atoms with Gasteiger partial charge in [-0.3, -0.25) is 4.90 Å². The molecule has 1 saturated heterocycles. The smallest absolute Gasteiger partial charge is 0.0339 e. The van der Waals surface area contributed by atoms with E-state index in [1.165, 1.54) is 13.0 Å². The van der Waals surface area contributed by atoms with Crippen molar-refractivity contribution < 1.29 is 0 Å². The van der Waals surface area contributed by atoms with E-state index < -0.39 is 0 Å². The number of nitrogens with zero attached hydrogens (tertiary/aromatic N) is 1. The standard InChI is InChI=1S/C10H17N/c1-5-9-6-7-11(8-9)10(2,3)4/h1,9H,6-8H2,2-4H3. The predicted octanol–water partition coefficient (Wildman–Crippen LogP) is 1.74. The Morgan fingerprint density at radius 3 is 2.36 bits per heavy atom. The highest BCUT2D eigenvalue weighted by molar-refractivity contribution is 5.00. The van der Waals surface area contributed by atoms with Crippen molar-refractivity contribution in [3.05, 3.63) is 0 Å². The lowest BCUT2D eigenvalue weighted by atomic mass is 10.1. The van der Waals surface area contributed by atoms with Crippen LogP contribution in [0.1, 0.15) is 27.2 Å². The summed E-state index contributed by atoms with van der Waals surface area (Å²) in [6.07, 6.45) is 6.54.